The molecule has 4 nitrogen and oxygen atoms in total. The molecule has 1 atom stereocenters. The first-order valence-electron chi connectivity index (χ1n) is 8.96. The molecular formula is C22H30N4. The van der Waals surface area contributed by atoms with Gasteiger partial charge in [0.25, 0.3) is 0 Å². The molecule has 0 fully saturated rings. The molecule has 0 saturated carbocycles. The van der Waals surface area contributed by atoms with Crippen molar-refractivity contribution in [2.75, 3.05) is 13.6 Å². The zero-order chi connectivity index (χ0) is 19.2. The van der Waals surface area contributed by atoms with Gasteiger partial charge in [0.05, 0.1) is 18.5 Å². The van der Waals surface area contributed by atoms with E-state index in [1.165, 1.54) is 16.8 Å². The van der Waals surface area contributed by atoms with E-state index >= 15 is 0 Å². The summed E-state index contributed by atoms with van der Waals surface area (Å²) in [5.74, 6) is -0.149. The fourth-order valence-corrected chi connectivity index (χ4v) is 2.45. The van der Waals surface area contributed by atoms with E-state index in [0.717, 1.165) is 19.5 Å². The second-order valence-electron chi connectivity index (χ2n) is 6.24. The van der Waals surface area contributed by atoms with Gasteiger partial charge in [-0.25, -0.2) is 0 Å². The van der Waals surface area contributed by atoms with Crippen molar-refractivity contribution in [3.05, 3.63) is 72.0 Å². The van der Waals surface area contributed by atoms with Crippen LogP contribution in [0.3, 0.4) is 0 Å². The Balaban J connectivity index is 2.91. The van der Waals surface area contributed by atoms with E-state index in [-0.39, 0.29) is 5.92 Å². The normalized spacial score (nSPS) is 12.1. The van der Waals surface area contributed by atoms with Crippen molar-refractivity contribution in [1.82, 2.24) is 10.3 Å². The second kappa shape index (κ2) is 12.7. The molecule has 0 bridgehead atoms. The van der Waals surface area contributed by atoms with Crippen LogP contribution in [-0.2, 0) is 6.54 Å². The van der Waals surface area contributed by atoms with Gasteiger partial charge >= 0.3 is 0 Å². The molecule has 0 aliphatic heterocycles. The van der Waals surface area contributed by atoms with Gasteiger partial charge in [0.15, 0.2) is 0 Å². The molecule has 1 aromatic rings. The summed E-state index contributed by atoms with van der Waals surface area (Å²) >= 11 is 0. The highest BCUT2D eigenvalue weighted by molar-refractivity contribution is 5.70. The Labute approximate surface area is 158 Å². The predicted octanol–water partition coefficient (Wildman–Crippen LogP) is 4.65. The number of benzene rings is 1. The van der Waals surface area contributed by atoms with Crippen molar-refractivity contribution in [3.8, 4) is 6.07 Å². The van der Waals surface area contributed by atoms with E-state index in [1.54, 1.807) is 12.3 Å². The molecule has 0 aliphatic carbocycles. The van der Waals surface area contributed by atoms with Crippen molar-refractivity contribution in [2.24, 2.45) is 11.0 Å². The SMILES string of the molecule is C=CC(C#N)C/C=C/C=N/N(Cc1ccccc1)C(CCNC)=C(C)C. The third-order valence-electron chi connectivity index (χ3n) is 3.94. The summed E-state index contributed by atoms with van der Waals surface area (Å²) in [5, 5.41) is 18.9. The van der Waals surface area contributed by atoms with Gasteiger partial charge in [-0.2, -0.15) is 10.4 Å². The van der Waals surface area contributed by atoms with Gasteiger partial charge < -0.3 is 5.32 Å². The van der Waals surface area contributed by atoms with Gasteiger partial charge in [0, 0.05) is 24.9 Å². The van der Waals surface area contributed by atoms with Gasteiger partial charge in [0.1, 0.15) is 0 Å². The average Bonchev–Trinajstić information content (AvgIpc) is 2.65. The van der Waals surface area contributed by atoms with Crippen molar-refractivity contribution in [1.29, 1.82) is 5.26 Å². The van der Waals surface area contributed by atoms with E-state index in [1.807, 2.05) is 37.4 Å². The minimum Gasteiger partial charge on any atom is -0.319 e. The lowest BCUT2D eigenvalue weighted by molar-refractivity contribution is 0.340. The van der Waals surface area contributed by atoms with Crippen LogP contribution in [-0.4, -0.2) is 24.8 Å². The van der Waals surface area contributed by atoms with Crippen molar-refractivity contribution in [3.63, 3.8) is 0 Å². The van der Waals surface area contributed by atoms with Crippen LogP contribution in [0.15, 0.2) is 71.5 Å². The standard InChI is InChI=1S/C22H30N4/c1-5-20(17-23)11-9-10-15-25-26(18-21-12-7-6-8-13-21)22(19(2)3)14-16-24-4/h5-10,12-13,15,20,24H,1,11,14,16,18H2,2-4H3/b10-9+,25-15+. The molecule has 0 amide bonds. The Hall–Kier alpha value is -2.64. The first-order chi connectivity index (χ1) is 12.6. The number of nitrogens with one attached hydrogen (secondary N) is 1. The number of hydrazone groups is 1. The van der Waals surface area contributed by atoms with Crippen LogP contribution in [0, 0.1) is 17.2 Å². The first-order valence-corrected chi connectivity index (χ1v) is 8.96. The lowest BCUT2D eigenvalue weighted by Crippen LogP contribution is -2.21. The summed E-state index contributed by atoms with van der Waals surface area (Å²) in [5.41, 5.74) is 3.69. The lowest BCUT2D eigenvalue weighted by atomic mass is 10.1. The zero-order valence-corrected chi connectivity index (χ0v) is 16.2. The lowest BCUT2D eigenvalue weighted by Gasteiger charge is -2.24. The van der Waals surface area contributed by atoms with E-state index in [4.69, 9.17) is 5.26 Å². The molecule has 0 radical (unpaired) electrons. The zero-order valence-electron chi connectivity index (χ0n) is 16.2. The number of rotatable bonds is 11. The van der Waals surface area contributed by atoms with Crippen molar-refractivity contribution < 1.29 is 0 Å². The molecule has 0 aliphatic rings. The second-order valence-corrected chi connectivity index (χ2v) is 6.24. The summed E-state index contributed by atoms with van der Waals surface area (Å²) in [7, 11) is 1.96. The fourth-order valence-electron chi connectivity index (χ4n) is 2.45. The molecule has 1 rings (SSSR count). The fraction of sp³-hybridized carbons (Fsp3) is 0.364. The molecule has 1 aromatic carbocycles. The molecule has 0 aromatic heterocycles. The van der Waals surface area contributed by atoms with Gasteiger partial charge in [0.2, 0.25) is 0 Å². The number of nitriles is 1. The molecule has 0 heterocycles. The van der Waals surface area contributed by atoms with Gasteiger partial charge in [-0.1, -0.05) is 48.1 Å². The molecule has 1 N–H and O–H groups in total. The van der Waals surface area contributed by atoms with Crippen LogP contribution in [0.2, 0.25) is 0 Å². The predicted molar refractivity (Wildman–Crippen MR) is 110 cm³/mol. The minimum absolute atomic E-state index is 0.149. The maximum atomic E-state index is 8.94. The highest BCUT2D eigenvalue weighted by atomic mass is 15.5. The molecule has 4 heteroatoms. The number of nitrogens with zero attached hydrogens (tertiary/aromatic N) is 3. The number of hydrogen-bond donors (Lipinski definition) is 1. The van der Waals surface area contributed by atoms with E-state index in [0.29, 0.717) is 6.42 Å². The third kappa shape index (κ3) is 7.96. The van der Waals surface area contributed by atoms with Crippen LogP contribution in [0.1, 0.15) is 32.3 Å². The van der Waals surface area contributed by atoms with Crippen LogP contribution in [0.5, 0.6) is 0 Å². The van der Waals surface area contributed by atoms with E-state index in [2.05, 4.69) is 54.1 Å². The van der Waals surface area contributed by atoms with Gasteiger partial charge in [-0.3, -0.25) is 5.01 Å². The van der Waals surface area contributed by atoms with Crippen LogP contribution in [0.25, 0.3) is 0 Å². The smallest absolute Gasteiger partial charge is 0.0700 e. The molecule has 0 spiro atoms. The molecular weight excluding hydrogens is 320 g/mol. The maximum absolute atomic E-state index is 8.94. The summed E-state index contributed by atoms with van der Waals surface area (Å²) < 4.78 is 0. The monoisotopic (exact) mass is 350 g/mol. The Morgan fingerprint density at radius 2 is 2.08 bits per heavy atom. The number of hydrogen-bond acceptors (Lipinski definition) is 4. The third-order valence-corrected chi connectivity index (χ3v) is 3.94. The highest BCUT2D eigenvalue weighted by Crippen LogP contribution is 2.18. The summed E-state index contributed by atoms with van der Waals surface area (Å²) in [6.07, 6.45) is 8.88. The molecule has 1 unspecified atom stereocenters. The first kappa shape index (κ1) is 21.4. The summed E-state index contributed by atoms with van der Waals surface area (Å²) in [6, 6.07) is 12.5. The molecule has 138 valence electrons. The Kier molecular flexibility index (Phi) is 10.4. The topological polar surface area (TPSA) is 51.4 Å². The van der Waals surface area contributed by atoms with Crippen LogP contribution in [0.4, 0.5) is 0 Å². The van der Waals surface area contributed by atoms with E-state index < -0.39 is 0 Å². The Morgan fingerprint density at radius 3 is 2.65 bits per heavy atom. The molecule has 0 saturated heterocycles. The molecule has 26 heavy (non-hydrogen) atoms. The van der Waals surface area contributed by atoms with Crippen LogP contribution < -0.4 is 5.32 Å². The van der Waals surface area contributed by atoms with Crippen LogP contribution >= 0.6 is 0 Å². The maximum Gasteiger partial charge on any atom is 0.0700 e. The number of allylic oxidation sites excluding steroid dienone is 4. The minimum atomic E-state index is -0.149. The van der Waals surface area contributed by atoms with E-state index in [9.17, 15) is 0 Å². The summed E-state index contributed by atoms with van der Waals surface area (Å²) in [4.78, 5) is 0. The van der Waals surface area contributed by atoms with Crippen molar-refractivity contribution >= 4 is 6.21 Å². The highest BCUT2D eigenvalue weighted by Gasteiger charge is 2.10. The summed E-state index contributed by atoms with van der Waals surface area (Å²) in [6.45, 7) is 9.54. The van der Waals surface area contributed by atoms with Crippen molar-refractivity contribution in [2.45, 2.75) is 33.2 Å². The van der Waals surface area contributed by atoms with Gasteiger partial charge in [-0.05, 0) is 39.0 Å². The Bertz CT molecular complexity index is 661. The average molecular weight is 351 g/mol. The largest absolute Gasteiger partial charge is 0.319 e. The Morgan fingerprint density at radius 1 is 1.35 bits per heavy atom. The quantitative estimate of drug-likeness (QED) is 0.359. The van der Waals surface area contributed by atoms with Gasteiger partial charge in [-0.15, -0.1) is 6.58 Å².